The largest absolute Gasteiger partial charge is 0.481 e. The van der Waals surface area contributed by atoms with Crippen molar-refractivity contribution in [2.24, 2.45) is 0 Å². The van der Waals surface area contributed by atoms with Crippen molar-refractivity contribution in [3.05, 3.63) is 22.4 Å². The molecule has 1 heterocycles. The number of carbonyl (C=O) groups excluding carboxylic acids is 1. The van der Waals surface area contributed by atoms with Gasteiger partial charge in [0, 0.05) is 0 Å². The molecule has 5 nitrogen and oxygen atoms in total. The van der Waals surface area contributed by atoms with Gasteiger partial charge in [0.05, 0.1) is 12.5 Å². The quantitative estimate of drug-likeness (QED) is 0.883. The van der Waals surface area contributed by atoms with E-state index in [1.807, 2.05) is 10.8 Å². The Morgan fingerprint density at radius 1 is 1.50 bits per heavy atom. The molecule has 1 aromatic heterocycles. The molecule has 1 atom stereocenters. The fraction of sp³-hybridized carbons (Fsp3) is 0.500. The van der Waals surface area contributed by atoms with Gasteiger partial charge in [-0.2, -0.15) is 11.3 Å². The summed E-state index contributed by atoms with van der Waals surface area (Å²) in [7, 11) is 0. The smallest absolute Gasteiger partial charge is 0.408 e. The normalized spacial score (nSPS) is 12.8. The maximum absolute atomic E-state index is 11.6. The zero-order valence-electron chi connectivity index (χ0n) is 10.6. The molecule has 2 N–H and O–H groups in total. The van der Waals surface area contributed by atoms with Crippen LogP contribution in [0.5, 0.6) is 0 Å². The van der Waals surface area contributed by atoms with Gasteiger partial charge < -0.3 is 15.2 Å². The molecule has 0 aliphatic heterocycles. The van der Waals surface area contributed by atoms with Crippen LogP contribution in [0.15, 0.2) is 16.8 Å². The van der Waals surface area contributed by atoms with E-state index in [0.717, 1.165) is 5.56 Å². The number of hydrogen-bond acceptors (Lipinski definition) is 4. The van der Waals surface area contributed by atoms with E-state index in [0.29, 0.717) is 0 Å². The lowest BCUT2D eigenvalue weighted by molar-refractivity contribution is -0.137. The van der Waals surface area contributed by atoms with Crippen LogP contribution in [0.25, 0.3) is 0 Å². The minimum absolute atomic E-state index is 0.171. The topological polar surface area (TPSA) is 75.6 Å². The second kappa shape index (κ2) is 5.86. The highest BCUT2D eigenvalue weighted by Gasteiger charge is 2.22. The van der Waals surface area contributed by atoms with Gasteiger partial charge in [-0.15, -0.1) is 0 Å². The molecule has 0 aliphatic rings. The molecule has 0 spiro atoms. The van der Waals surface area contributed by atoms with E-state index in [9.17, 15) is 9.59 Å². The van der Waals surface area contributed by atoms with Crippen molar-refractivity contribution in [3.63, 3.8) is 0 Å². The second-order valence-electron chi connectivity index (χ2n) is 4.85. The Morgan fingerprint density at radius 2 is 2.17 bits per heavy atom. The Kier molecular flexibility index (Phi) is 4.72. The van der Waals surface area contributed by atoms with Crippen molar-refractivity contribution in [2.75, 3.05) is 0 Å². The Bertz CT molecular complexity index is 408. The molecule has 1 aromatic rings. The molecular weight excluding hydrogens is 254 g/mol. The predicted octanol–water partition coefficient (Wildman–Crippen LogP) is 2.79. The first kappa shape index (κ1) is 14.5. The van der Waals surface area contributed by atoms with Gasteiger partial charge in [-0.25, -0.2) is 4.79 Å². The van der Waals surface area contributed by atoms with E-state index in [4.69, 9.17) is 9.84 Å². The van der Waals surface area contributed by atoms with Gasteiger partial charge in [-0.3, -0.25) is 4.79 Å². The van der Waals surface area contributed by atoms with Gasteiger partial charge in [-0.05, 0) is 43.2 Å². The van der Waals surface area contributed by atoms with Crippen LogP contribution in [-0.4, -0.2) is 22.8 Å². The van der Waals surface area contributed by atoms with Crippen molar-refractivity contribution in [1.29, 1.82) is 0 Å². The summed E-state index contributed by atoms with van der Waals surface area (Å²) in [5.74, 6) is -0.970. The SMILES string of the molecule is CC(C)(C)OC(=O)NC(CC(=O)O)c1ccsc1. The maximum Gasteiger partial charge on any atom is 0.408 e. The van der Waals surface area contributed by atoms with Crippen LogP contribution in [0.3, 0.4) is 0 Å². The number of carboxylic acid groups (broad SMARTS) is 1. The molecule has 0 fully saturated rings. The summed E-state index contributed by atoms with van der Waals surface area (Å²) in [6.45, 7) is 5.26. The molecule has 0 bridgehead atoms. The number of carbonyl (C=O) groups is 2. The number of rotatable bonds is 4. The van der Waals surface area contributed by atoms with Crippen molar-refractivity contribution in [3.8, 4) is 0 Å². The summed E-state index contributed by atoms with van der Waals surface area (Å²) in [5.41, 5.74) is 0.167. The summed E-state index contributed by atoms with van der Waals surface area (Å²) in [6, 6.07) is 1.22. The predicted molar refractivity (Wildman–Crippen MR) is 68.7 cm³/mol. The second-order valence-corrected chi connectivity index (χ2v) is 5.63. The average molecular weight is 271 g/mol. The lowest BCUT2D eigenvalue weighted by atomic mass is 10.1. The van der Waals surface area contributed by atoms with Crippen LogP contribution in [-0.2, 0) is 9.53 Å². The fourth-order valence-electron chi connectivity index (χ4n) is 1.35. The molecule has 0 radical (unpaired) electrons. The minimum Gasteiger partial charge on any atom is -0.481 e. The van der Waals surface area contributed by atoms with Crippen molar-refractivity contribution < 1.29 is 19.4 Å². The standard InChI is InChI=1S/C12H17NO4S/c1-12(2,3)17-11(16)13-9(6-10(14)15)8-4-5-18-7-8/h4-5,7,9H,6H2,1-3H3,(H,13,16)(H,14,15). The number of amides is 1. The maximum atomic E-state index is 11.6. The summed E-state index contributed by atoms with van der Waals surface area (Å²) in [5, 5.41) is 15.1. The third-order valence-corrected chi connectivity index (χ3v) is 2.72. The zero-order valence-corrected chi connectivity index (χ0v) is 11.4. The molecule has 1 unspecified atom stereocenters. The number of carboxylic acids is 1. The van der Waals surface area contributed by atoms with Crippen LogP contribution in [0.4, 0.5) is 4.79 Å². The fourth-order valence-corrected chi connectivity index (χ4v) is 2.06. The van der Waals surface area contributed by atoms with E-state index < -0.39 is 23.7 Å². The van der Waals surface area contributed by atoms with E-state index in [2.05, 4.69) is 5.32 Å². The van der Waals surface area contributed by atoms with Gasteiger partial charge in [0.1, 0.15) is 5.60 Å². The number of ether oxygens (including phenoxy) is 1. The first-order chi connectivity index (χ1) is 8.28. The number of alkyl carbamates (subject to hydrolysis) is 1. The highest BCUT2D eigenvalue weighted by Crippen LogP contribution is 2.20. The lowest BCUT2D eigenvalue weighted by Crippen LogP contribution is -2.35. The van der Waals surface area contributed by atoms with E-state index in [-0.39, 0.29) is 6.42 Å². The lowest BCUT2D eigenvalue weighted by Gasteiger charge is -2.22. The van der Waals surface area contributed by atoms with Crippen molar-refractivity contribution >= 4 is 23.4 Å². The number of hydrogen-bond donors (Lipinski definition) is 2. The Balaban J connectivity index is 2.68. The van der Waals surface area contributed by atoms with Gasteiger partial charge >= 0.3 is 12.1 Å². The molecule has 0 aliphatic carbocycles. The van der Waals surface area contributed by atoms with Gasteiger partial charge in [0.25, 0.3) is 0 Å². The molecule has 0 saturated carbocycles. The van der Waals surface area contributed by atoms with E-state index in [1.165, 1.54) is 11.3 Å². The first-order valence-electron chi connectivity index (χ1n) is 5.51. The molecule has 18 heavy (non-hydrogen) atoms. The molecule has 0 aromatic carbocycles. The molecular formula is C12H17NO4S. The third kappa shape index (κ3) is 5.18. The van der Waals surface area contributed by atoms with Crippen LogP contribution in [0.1, 0.15) is 38.8 Å². The van der Waals surface area contributed by atoms with Gasteiger partial charge in [0.15, 0.2) is 0 Å². The Hall–Kier alpha value is -1.56. The summed E-state index contributed by atoms with van der Waals surface area (Å²) in [4.78, 5) is 22.4. The summed E-state index contributed by atoms with van der Waals surface area (Å²) in [6.07, 6.45) is -0.782. The third-order valence-electron chi connectivity index (χ3n) is 2.02. The van der Waals surface area contributed by atoms with Crippen LogP contribution in [0.2, 0.25) is 0 Å². The van der Waals surface area contributed by atoms with Crippen LogP contribution >= 0.6 is 11.3 Å². The van der Waals surface area contributed by atoms with E-state index in [1.54, 1.807) is 26.8 Å². The Morgan fingerprint density at radius 3 is 2.61 bits per heavy atom. The van der Waals surface area contributed by atoms with Crippen LogP contribution in [0, 0.1) is 0 Å². The molecule has 0 saturated heterocycles. The minimum atomic E-state index is -0.970. The monoisotopic (exact) mass is 271 g/mol. The number of nitrogens with one attached hydrogen (secondary N) is 1. The molecule has 100 valence electrons. The zero-order chi connectivity index (χ0) is 13.8. The first-order valence-corrected chi connectivity index (χ1v) is 6.45. The average Bonchev–Trinajstić information content (AvgIpc) is 2.64. The van der Waals surface area contributed by atoms with Crippen LogP contribution < -0.4 is 5.32 Å². The summed E-state index contributed by atoms with van der Waals surface area (Å²) < 4.78 is 5.11. The molecule has 6 heteroatoms. The van der Waals surface area contributed by atoms with Crippen molar-refractivity contribution in [1.82, 2.24) is 5.32 Å². The van der Waals surface area contributed by atoms with Gasteiger partial charge in [0.2, 0.25) is 0 Å². The number of aliphatic carboxylic acids is 1. The summed E-state index contributed by atoms with van der Waals surface area (Å²) >= 11 is 1.45. The van der Waals surface area contributed by atoms with E-state index >= 15 is 0 Å². The van der Waals surface area contributed by atoms with Gasteiger partial charge in [-0.1, -0.05) is 0 Å². The van der Waals surface area contributed by atoms with Crippen molar-refractivity contribution in [2.45, 2.75) is 38.8 Å². The highest BCUT2D eigenvalue weighted by atomic mass is 32.1. The number of thiophene rings is 1. The molecule has 1 amide bonds. The Labute approximate surface area is 110 Å². The molecule has 1 rings (SSSR count). The highest BCUT2D eigenvalue weighted by molar-refractivity contribution is 7.07.